The Bertz CT molecular complexity index is 736. The summed E-state index contributed by atoms with van der Waals surface area (Å²) in [4.78, 5) is 14.5. The highest BCUT2D eigenvalue weighted by molar-refractivity contribution is 6.00. The topological polar surface area (TPSA) is 57.5 Å². The summed E-state index contributed by atoms with van der Waals surface area (Å²) in [7, 11) is 0. The van der Waals surface area contributed by atoms with E-state index in [2.05, 4.69) is 0 Å². The van der Waals surface area contributed by atoms with Crippen molar-refractivity contribution in [1.82, 2.24) is 0 Å². The van der Waals surface area contributed by atoms with Gasteiger partial charge >= 0.3 is 0 Å². The molecule has 4 rings (SSSR count). The molecule has 4 atom stereocenters. The molecule has 4 unspecified atom stereocenters. The van der Waals surface area contributed by atoms with Gasteiger partial charge in [0, 0.05) is 0 Å². The van der Waals surface area contributed by atoms with Gasteiger partial charge in [-0.25, -0.2) is 0 Å². The third-order valence-corrected chi connectivity index (χ3v) is 7.12. The minimum Gasteiger partial charge on any atom is -0.392 e. The van der Waals surface area contributed by atoms with Crippen LogP contribution >= 0.6 is 0 Å². The zero-order chi connectivity index (χ0) is 19.6. The minimum atomic E-state index is -0.951. The molecule has 2 aliphatic rings. The molecule has 0 radical (unpaired) electrons. The van der Waals surface area contributed by atoms with Gasteiger partial charge in [-0.05, 0) is 36.8 Å². The highest BCUT2D eigenvalue weighted by Crippen LogP contribution is 2.50. The van der Waals surface area contributed by atoms with Crippen molar-refractivity contribution in [2.24, 2.45) is 0 Å². The number of hydrogen-bond acceptors (Lipinski definition) is 3. The first-order chi connectivity index (χ1) is 13.6. The number of ketones is 1. The fourth-order valence-corrected chi connectivity index (χ4v) is 5.64. The van der Waals surface area contributed by atoms with Gasteiger partial charge in [0.15, 0.2) is 5.78 Å². The summed E-state index contributed by atoms with van der Waals surface area (Å²) in [5.74, 6) is 0.0109. The number of carbonyl (C=O) groups excluding carboxylic acids is 1. The number of aliphatic hydroxyl groups excluding tert-OH is 2. The molecule has 2 saturated carbocycles. The smallest absolute Gasteiger partial charge is 0.159 e. The van der Waals surface area contributed by atoms with Gasteiger partial charge in [0.1, 0.15) is 0 Å². The van der Waals surface area contributed by atoms with Gasteiger partial charge in [-0.3, -0.25) is 4.79 Å². The Kier molecular flexibility index (Phi) is 5.39. The number of rotatable bonds is 4. The third kappa shape index (κ3) is 2.92. The molecule has 0 amide bonds. The first-order valence-electron chi connectivity index (χ1n) is 10.6. The molecule has 2 N–H and O–H groups in total. The van der Waals surface area contributed by atoms with Crippen LogP contribution in [0.25, 0.3) is 0 Å². The van der Waals surface area contributed by atoms with E-state index < -0.39 is 23.0 Å². The molecule has 148 valence electrons. The summed E-state index contributed by atoms with van der Waals surface area (Å²) < 4.78 is 0. The van der Waals surface area contributed by atoms with Gasteiger partial charge in [-0.15, -0.1) is 0 Å². The van der Waals surface area contributed by atoms with Crippen LogP contribution in [0, 0.1) is 0 Å². The average molecular weight is 379 g/mol. The largest absolute Gasteiger partial charge is 0.392 e. The van der Waals surface area contributed by atoms with Crippen molar-refractivity contribution >= 4 is 5.78 Å². The van der Waals surface area contributed by atoms with Gasteiger partial charge in [0.25, 0.3) is 0 Å². The maximum atomic E-state index is 14.5. The molecular weight excluding hydrogens is 348 g/mol. The van der Waals surface area contributed by atoms with Crippen molar-refractivity contribution in [3.63, 3.8) is 0 Å². The summed E-state index contributed by atoms with van der Waals surface area (Å²) in [6.07, 6.45) is 4.79. The molecule has 2 aromatic rings. The molecule has 28 heavy (non-hydrogen) atoms. The zero-order valence-corrected chi connectivity index (χ0v) is 16.4. The molecule has 0 aromatic heterocycles. The number of carbonyl (C=O) groups is 1. The van der Waals surface area contributed by atoms with Crippen LogP contribution < -0.4 is 0 Å². The van der Waals surface area contributed by atoms with Crippen molar-refractivity contribution in [2.45, 2.75) is 74.4 Å². The van der Waals surface area contributed by atoms with Crippen molar-refractivity contribution in [3.05, 3.63) is 71.8 Å². The van der Waals surface area contributed by atoms with Crippen LogP contribution in [0.5, 0.6) is 0 Å². The van der Waals surface area contributed by atoms with Gasteiger partial charge in [-0.2, -0.15) is 0 Å². The molecule has 3 heteroatoms. The van der Waals surface area contributed by atoms with Gasteiger partial charge in [-0.1, -0.05) is 86.3 Å². The van der Waals surface area contributed by atoms with E-state index in [4.69, 9.17) is 0 Å². The Balaban J connectivity index is 1.91. The Morgan fingerprint density at radius 1 is 0.679 bits per heavy atom. The molecule has 0 saturated heterocycles. The van der Waals surface area contributed by atoms with E-state index in [0.29, 0.717) is 25.7 Å². The fraction of sp³-hybridized carbons (Fsp3) is 0.480. The zero-order valence-electron chi connectivity index (χ0n) is 16.4. The molecule has 0 spiro atoms. The van der Waals surface area contributed by atoms with Crippen LogP contribution in [-0.4, -0.2) is 28.2 Å². The molecule has 2 aromatic carbocycles. The lowest BCUT2D eigenvalue weighted by Crippen LogP contribution is -2.61. The maximum absolute atomic E-state index is 14.5. The van der Waals surface area contributed by atoms with Crippen LogP contribution in [-0.2, 0) is 15.6 Å². The predicted molar refractivity (Wildman–Crippen MR) is 110 cm³/mol. The standard InChI is InChI=1S/C25H30O3/c26-21-15-7-9-17-24(21,19-11-3-1-4-12-19)23(28)25(18-10-8-16-22(25)27)20-13-5-2-6-14-20/h1-6,11-14,21-22,26-27H,7-10,15-18H2. The van der Waals surface area contributed by atoms with Crippen LogP contribution in [0.4, 0.5) is 0 Å². The quantitative estimate of drug-likeness (QED) is 0.834. The Hall–Kier alpha value is -1.97. The summed E-state index contributed by atoms with van der Waals surface area (Å²) in [5.41, 5.74) is -0.123. The number of Topliss-reactive ketones (excluding diaryl/α,β-unsaturated/α-hetero) is 1. The van der Waals surface area contributed by atoms with Crippen LogP contribution in [0.3, 0.4) is 0 Å². The second-order valence-electron chi connectivity index (χ2n) is 8.53. The first-order valence-corrected chi connectivity index (χ1v) is 10.6. The minimum absolute atomic E-state index is 0.0109. The summed E-state index contributed by atoms with van der Waals surface area (Å²) >= 11 is 0. The molecule has 0 heterocycles. The molecule has 2 aliphatic carbocycles. The summed E-state index contributed by atoms with van der Waals surface area (Å²) in [6.45, 7) is 0. The molecule has 2 fully saturated rings. The molecular formula is C25H30O3. The second-order valence-corrected chi connectivity index (χ2v) is 8.53. The fourth-order valence-electron chi connectivity index (χ4n) is 5.64. The first kappa shape index (κ1) is 19.4. The van der Waals surface area contributed by atoms with Crippen LogP contribution in [0.15, 0.2) is 60.7 Å². The number of aliphatic hydroxyl groups is 2. The van der Waals surface area contributed by atoms with Crippen LogP contribution in [0.2, 0.25) is 0 Å². The SMILES string of the molecule is O=C(C1(c2ccccc2)CCCCC1O)C1(c2ccccc2)CCCCC1O. The Morgan fingerprint density at radius 3 is 1.43 bits per heavy atom. The van der Waals surface area contributed by atoms with E-state index in [0.717, 1.165) is 36.8 Å². The monoisotopic (exact) mass is 378 g/mol. The van der Waals surface area contributed by atoms with E-state index in [9.17, 15) is 15.0 Å². The number of hydrogen-bond donors (Lipinski definition) is 2. The highest BCUT2D eigenvalue weighted by atomic mass is 16.3. The van der Waals surface area contributed by atoms with Gasteiger partial charge in [0.2, 0.25) is 0 Å². The predicted octanol–water partition coefficient (Wildman–Crippen LogP) is 4.30. The summed E-state index contributed by atoms with van der Waals surface area (Å²) in [6, 6.07) is 19.5. The average Bonchev–Trinajstić information content (AvgIpc) is 2.75. The van der Waals surface area contributed by atoms with Crippen molar-refractivity contribution in [1.29, 1.82) is 0 Å². The molecule has 3 nitrogen and oxygen atoms in total. The van der Waals surface area contributed by atoms with E-state index in [1.807, 2.05) is 60.7 Å². The summed E-state index contributed by atoms with van der Waals surface area (Å²) in [5, 5.41) is 22.4. The second kappa shape index (κ2) is 7.81. The Labute approximate surface area is 167 Å². The van der Waals surface area contributed by atoms with Gasteiger partial charge < -0.3 is 10.2 Å². The van der Waals surface area contributed by atoms with Crippen molar-refractivity contribution in [3.8, 4) is 0 Å². The third-order valence-electron chi connectivity index (χ3n) is 7.12. The van der Waals surface area contributed by atoms with E-state index in [-0.39, 0.29) is 5.78 Å². The highest BCUT2D eigenvalue weighted by Gasteiger charge is 2.58. The van der Waals surface area contributed by atoms with E-state index in [1.165, 1.54) is 0 Å². The lowest BCUT2D eigenvalue weighted by molar-refractivity contribution is -0.144. The maximum Gasteiger partial charge on any atom is 0.159 e. The van der Waals surface area contributed by atoms with Crippen molar-refractivity contribution < 1.29 is 15.0 Å². The molecule has 0 bridgehead atoms. The Morgan fingerprint density at radius 2 is 1.07 bits per heavy atom. The van der Waals surface area contributed by atoms with Crippen LogP contribution in [0.1, 0.15) is 62.5 Å². The normalized spacial score (nSPS) is 33.4. The number of benzene rings is 2. The lowest BCUT2D eigenvalue weighted by atomic mass is 9.53. The van der Waals surface area contributed by atoms with Crippen molar-refractivity contribution in [2.75, 3.05) is 0 Å². The van der Waals surface area contributed by atoms with Gasteiger partial charge in [0.05, 0.1) is 23.0 Å². The van der Waals surface area contributed by atoms with E-state index >= 15 is 0 Å². The molecule has 0 aliphatic heterocycles. The van der Waals surface area contributed by atoms with E-state index in [1.54, 1.807) is 0 Å². The lowest BCUT2D eigenvalue weighted by Gasteiger charge is -2.50.